The summed E-state index contributed by atoms with van der Waals surface area (Å²) < 4.78 is 348. The number of esters is 1. The molecule has 0 aliphatic heterocycles. The first-order valence-electron chi connectivity index (χ1n) is 22.1. The fourth-order valence-electron chi connectivity index (χ4n) is 8.32. The first kappa shape index (κ1) is 62.8. The summed E-state index contributed by atoms with van der Waals surface area (Å²) >= 11 is 0. The summed E-state index contributed by atoms with van der Waals surface area (Å²) in [6, 6.07) is 7.43. The molecule has 32 heteroatoms. The predicted octanol–water partition coefficient (Wildman–Crippen LogP) is 14.8. The number of carbonyl (C=O) groups excluding carboxylic acids is 1. The van der Waals surface area contributed by atoms with Crippen LogP contribution in [0, 0.1) is 0 Å². The van der Waals surface area contributed by atoms with Crippen molar-refractivity contribution in [3.05, 3.63) is 212 Å². The highest BCUT2D eigenvalue weighted by molar-refractivity contribution is 7.20. The van der Waals surface area contributed by atoms with Crippen LogP contribution in [0.25, 0.3) is 10.4 Å². The molecule has 7 nitrogen and oxygen atoms in total. The van der Waals surface area contributed by atoms with E-state index in [-0.39, 0.29) is 11.4 Å². The third kappa shape index (κ3) is 14.9. The van der Waals surface area contributed by atoms with E-state index in [0.29, 0.717) is 12.2 Å². The topological polar surface area (TPSA) is 91.8 Å². The fourth-order valence-corrected chi connectivity index (χ4v) is 8.32. The minimum atomic E-state index is -6.13. The van der Waals surface area contributed by atoms with Crippen molar-refractivity contribution in [2.75, 3.05) is 0 Å². The molecule has 1 aromatic heterocycles. The summed E-state index contributed by atoms with van der Waals surface area (Å²) in [5.41, 5.74) is -20.1. The number of ether oxygens (including phenoxy) is 1. The average Bonchev–Trinajstić information content (AvgIpc) is 1.96. The van der Waals surface area contributed by atoms with Gasteiger partial charge in [0.25, 0.3) is 0 Å². The van der Waals surface area contributed by atoms with Crippen molar-refractivity contribution in [3.8, 4) is 5.75 Å². The van der Waals surface area contributed by atoms with Gasteiger partial charge in [-0.15, -0.1) is 0 Å². The van der Waals surface area contributed by atoms with Gasteiger partial charge in [-0.1, -0.05) is 96.1 Å². The molecule has 6 aromatic carbocycles. The molecule has 0 saturated carbocycles. The van der Waals surface area contributed by atoms with E-state index in [4.69, 9.17) is 10.3 Å². The molecular formula is C50H26BF24N5O2. The molecule has 0 unspecified atom stereocenters. The number of alkyl halides is 24. The molecule has 7 aromatic rings. The maximum Gasteiger partial charge on any atom is 0.416 e. The fraction of sp³-hybridized carbons (Fsp3) is 0.180. The molecule has 0 N–H and O–H groups in total. The van der Waals surface area contributed by atoms with Gasteiger partial charge in [0.05, 0.1) is 50.7 Å². The molecule has 82 heavy (non-hydrogen) atoms. The summed E-state index contributed by atoms with van der Waals surface area (Å²) in [6.07, 6.45) is -49.8. The third-order valence-electron chi connectivity index (χ3n) is 11.8. The molecule has 0 bridgehead atoms. The van der Waals surface area contributed by atoms with Crippen molar-refractivity contribution in [1.29, 1.82) is 0 Å². The molecule has 0 amide bonds. The largest absolute Gasteiger partial charge is 0.422 e. The zero-order valence-corrected chi connectivity index (χ0v) is 39.8. The Morgan fingerprint density at radius 1 is 0.463 bits per heavy atom. The molecule has 434 valence electrons. The maximum absolute atomic E-state index is 14.2. The Bertz CT molecular complexity index is 3090. The van der Waals surface area contributed by atoms with Gasteiger partial charge in [0.1, 0.15) is 11.9 Å². The minimum absolute atomic E-state index is 0.188. The van der Waals surface area contributed by atoms with E-state index in [1.807, 2.05) is 34.9 Å². The first-order valence-corrected chi connectivity index (χ1v) is 22.1. The van der Waals surface area contributed by atoms with Crippen LogP contribution in [-0.4, -0.2) is 17.1 Å². The van der Waals surface area contributed by atoms with Gasteiger partial charge in [-0.2, -0.15) is 132 Å². The second-order valence-electron chi connectivity index (χ2n) is 17.4. The van der Waals surface area contributed by atoms with Crippen LogP contribution in [0.5, 0.6) is 5.75 Å². The molecule has 0 fully saturated rings. The quantitative estimate of drug-likeness (QED) is 0.0211. The summed E-state index contributed by atoms with van der Waals surface area (Å²) in [7, 11) is 0. The molecule has 0 aliphatic rings. The first-order chi connectivity index (χ1) is 37.5. The van der Waals surface area contributed by atoms with E-state index in [2.05, 4.69) is 15.0 Å². The monoisotopic (exact) mass is 1200 g/mol. The van der Waals surface area contributed by atoms with Crippen LogP contribution in [0.15, 0.2) is 151 Å². The zero-order chi connectivity index (χ0) is 61.4. The van der Waals surface area contributed by atoms with Crippen molar-refractivity contribution in [2.45, 2.75) is 56.0 Å². The maximum atomic E-state index is 14.2. The highest BCUT2D eigenvalue weighted by Crippen LogP contribution is 2.41. The zero-order valence-electron chi connectivity index (χ0n) is 39.8. The Morgan fingerprint density at radius 2 is 0.793 bits per heavy atom. The Labute approximate surface area is 442 Å². The standard InChI is InChI=1S/C32H12BF24.C18H14N5O2/c34-25(35,36)13-1-14(26(37,38)39)6-21(5-13)33(22-7-15(27(40,41)42)2-16(8-22)28(43,44)45,23-9-17(29(46,47)48)3-18(10-23)30(49,50)51)24-11-19(31(52,53)54)4-20(12-24)32(55,56)57;19-22-21-15-7-4-8-16(11-15)25-18(24)17-13-23(10-9-20-17)12-14-5-2-1-3-6-14/h1-12H;1-11,13H,12H2/q-1;+1. The molecule has 0 radical (unpaired) electrons. The van der Waals surface area contributed by atoms with Crippen LogP contribution in [-0.2, 0) is 56.0 Å². The average molecular weight is 1200 g/mol. The van der Waals surface area contributed by atoms with Crippen molar-refractivity contribution in [1.82, 2.24) is 4.98 Å². The molecule has 0 aliphatic carbocycles. The Morgan fingerprint density at radius 3 is 1.10 bits per heavy atom. The van der Waals surface area contributed by atoms with Crippen molar-refractivity contribution in [3.63, 3.8) is 0 Å². The van der Waals surface area contributed by atoms with E-state index in [1.54, 1.807) is 36.8 Å². The van der Waals surface area contributed by atoms with Gasteiger partial charge in [-0.3, -0.25) is 0 Å². The van der Waals surface area contributed by atoms with Gasteiger partial charge >= 0.3 is 55.4 Å². The van der Waals surface area contributed by atoms with E-state index in [9.17, 15) is 110 Å². The molecule has 0 saturated heterocycles. The lowest BCUT2D eigenvalue weighted by Gasteiger charge is -2.46. The van der Waals surface area contributed by atoms with Crippen molar-refractivity contribution < 1.29 is 119 Å². The van der Waals surface area contributed by atoms with E-state index < -0.39 is 201 Å². The Balaban J connectivity index is 0.000000357. The van der Waals surface area contributed by atoms with Gasteiger partial charge in [0.2, 0.25) is 11.9 Å². The Hall–Kier alpha value is -8.44. The number of rotatable bonds is 9. The molecular weight excluding hydrogens is 1170 g/mol. The van der Waals surface area contributed by atoms with Crippen LogP contribution in [0.4, 0.5) is 111 Å². The van der Waals surface area contributed by atoms with Crippen LogP contribution >= 0.6 is 0 Å². The van der Waals surface area contributed by atoms with Crippen molar-refractivity contribution in [2.24, 2.45) is 5.11 Å². The van der Waals surface area contributed by atoms with Crippen LogP contribution in [0.3, 0.4) is 0 Å². The van der Waals surface area contributed by atoms with Crippen LogP contribution < -0.4 is 31.2 Å². The van der Waals surface area contributed by atoms with E-state index >= 15 is 0 Å². The second-order valence-corrected chi connectivity index (χ2v) is 17.4. The summed E-state index contributed by atoms with van der Waals surface area (Å²) in [4.78, 5) is 19.0. The van der Waals surface area contributed by atoms with Crippen molar-refractivity contribution >= 4 is 39.7 Å². The number of halogens is 24. The number of hydrogen-bond acceptors (Lipinski definition) is 4. The summed E-state index contributed by atoms with van der Waals surface area (Å²) in [6.45, 7) is 0.621. The van der Waals surface area contributed by atoms with E-state index in [1.165, 1.54) is 6.07 Å². The molecule has 0 spiro atoms. The van der Waals surface area contributed by atoms with Gasteiger partial charge in [0, 0.05) is 16.2 Å². The smallest absolute Gasteiger partial charge is 0.416 e. The molecule has 7 rings (SSSR count). The number of hydrogen-bond donors (Lipinski definition) is 0. The van der Waals surface area contributed by atoms with Gasteiger partial charge in [-0.05, 0) is 41.9 Å². The van der Waals surface area contributed by atoms with Gasteiger partial charge < -0.3 is 4.74 Å². The van der Waals surface area contributed by atoms with Gasteiger partial charge in [0.15, 0.2) is 12.7 Å². The highest BCUT2D eigenvalue weighted by atomic mass is 19.4. The normalized spacial score (nSPS) is 13.0. The third-order valence-corrected chi connectivity index (χ3v) is 11.8. The number of nitrogens with zero attached hydrogens (tertiary/aromatic N) is 5. The van der Waals surface area contributed by atoms with Crippen LogP contribution in [0.1, 0.15) is 60.6 Å². The molecule has 0 atom stereocenters. The Kier molecular flexibility index (Phi) is 17.2. The summed E-state index contributed by atoms with van der Waals surface area (Å²) in [5, 5.41) is 3.48. The van der Waals surface area contributed by atoms with Crippen LogP contribution in [0.2, 0.25) is 0 Å². The predicted molar refractivity (Wildman–Crippen MR) is 240 cm³/mol. The second kappa shape index (κ2) is 22.5. The lowest BCUT2D eigenvalue weighted by molar-refractivity contribution is -0.689. The summed E-state index contributed by atoms with van der Waals surface area (Å²) in [5.74, 6) is -0.296. The lowest BCUT2D eigenvalue weighted by Crippen LogP contribution is -2.75. The van der Waals surface area contributed by atoms with E-state index in [0.717, 1.165) is 5.56 Å². The number of aromatic nitrogens is 2. The van der Waals surface area contributed by atoms with Gasteiger partial charge in [-0.25, -0.2) is 9.78 Å². The SMILES string of the molecule is FC(F)(F)c1cc([B-](c2cc(C(F)(F)F)cc(C(F)(F)F)c2)(c2cc(C(F)(F)F)cc(C(F)(F)F)c2)c2cc(C(F)(F)F)cc(C(F)(F)F)c2)cc(C(F)(F)F)c1.[N-]=[N+]=Nc1cccc(OC(=O)c2c[n+](Cc3ccccc3)ccn2)c1. The number of azide groups is 1. The lowest BCUT2D eigenvalue weighted by atomic mass is 9.12. The molecule has 1 heterocycles. The minimum Gasteiger partial charge on any atom is -0.422 e. The highest BCUT2D eigenvalue weighted by Gasteiger charge is 2.47. The number of carbonyl (C=O) groups is 1. The number of benzene rings is 6.